The van der Waals surface area contributed by atoms with E-state index in [0.717, 1.165) is 31.4 Å². The second-order valence-corrected chi connectivity index (χ2v) is 8.89. The van der Waals surface area contributed by atoms with Crippen LogP contribution in [-0.2, 0) is 21.4 Å². The van der Waals surface area contributed by atoms with E-state index in [2.05, 4.69) is 17.3 Å². The maximum absolute atomic E-state index is 11.5. The van der Waals surface area contributed by atoms with Gasteiger partial charge in [-0.2, -0.15) is 0 Å². The molecule has 8 heteroatoms. The zero-order valence-corrected chi connectivity index (χ0v) is 16.7. The third kappa shape index (κ3) is 2.20. The lowest BCUT2D eigenvalue weighted by Gasteiger charge is -2.65. The number of benzene rings is 1. The van der Waals surface area contributed by atoms with Crippen molar-refractivity contribution in [1.82, 2.24) is 10.2 Å². The van der Waals surface area contributed by atoms with Gasteiger partial charge in [0.05, 0.1) is 17.6 Å². The van der Waals surface area contributed by atoms with Gasteiger partial charge in [0.15, 0.2) is 11.5 Å². The van der Waals surface area contributed by atoms with Crippen LogP contribution in [0.1, 0.15) is 30.4 Å². The van der Waals surface area contributed by atoms with Crippen molar-refractivity contribution in [2.75, 3.05) is 27.3 Å². The molecule has 1 saturated heterocycles. The normalized spacial score (nSPS) is 38.2. The molecule has 2 aliphatic heterocycles. The molecule has 0 radical (unpaired) electrons. The summed E-state index contributed by atoms with van der Waals surface area (Å²) < 4.78 is 12.8. The Morgan fingerprint density at radius 2 is 2.24 bits per heavy atom. The van der Waals surface area contributed by atoms with E-state index >= 15 is 0 Å². The van der Waals surface area contributed by atoms with E-state index in [0.29, 0.717) is 12.2 Å². The van der Waals surface area contributed by atoms with Gasteiger partial charge in [-0.15, -0.1) is 0 Å². The highest BCUT2D eigenvalue weighted by atomic mass is 16.5. The number of likely N-dealkylation sites (N-methyl/N-ethyl adjacent to an activating group) is 1. The lowest BCUT2D eigenvalue weighted by Crippen LogP contribution is -2.78. The van der Waals surface area contributed by atoms with E-state index in [4.69, 9.17) is 9.47 Å². The van der Waals surface area contributed by atoms with Crippen molar-refractivity contribution in [3.8, 4) is 11.5 Å². The molecule has 2 bridgehead atoms. The molecule has 0 aromatic heterocycles. The Hall–Kier alpha value is -1.87. The zero-order valence-electron chi connectivity index (χ0n) is 16.7. The molecule has 1 aromatic rings. The Kier molecular flexibility index (Phi) is 4.16. The number of phenols is 1. The van der Waals surface area contributed by atoms with Crippen LogP contribution in [0.15, 0.2) is 12.1 Å². The quantitative estimate of drug-likeness (QED) is 0.552. The highest BCUT2D eigenvalue weighted by molar-refractivity contribution is 5.73. The molecule has 158 valence electrons. The summed E-state index contributed by atoms with van der Waals surface area (Å²) in [5, 5.41) is 32.7. The minimum absolute atomic E-state index is 0.116. The molecule has 1 spiro atoms. The second-order valence-electron chi connectivity index (χ2n) is 8.89. The Balaban J connectivity index is 1.68. The van der Waals surface area contributed by atoms with Gasteiger partial charge in [0, 0.05) is 24.8 Å². The molecular formula is C21H28N2O6. The minimum Gasteiger partial charge on any atom is -0.504 e. The summed E-state index contributed by atoms with van der Waals surface area (Å²) in [5.41, 5.74) is 1.28. The highest BCUT2D eigenvalue weighted by Crippen LogP contribution is 2.66. The first kappa shape index (κ1) is 19.1. The van der Waals surface area contributed by atoms with Gasteiger partial charge in [0.1, 0.15) is 12.1 Å². The third-order valence-corrected chi connectivity index (χ3v) is 7.95. The number of carbonyl (C=O) groups is 1. The molecule has 8 nitrogen and oxygen atoms in total. The summed E-state index contributed by atoms with van der Waals surface area (Å²) in [5.74, 6) is -0.454. The van der Waals surface area contributed by atoms with Crippen LogP contribution < -0.4 is 10.1 Å². The maximum Gasteiger partial charge on any atom is 0.323 e. The third-order valence-electron chi connectivity index (χ3n) is 7.95. The van der Waals surface area contributed by atoms with Gasteiger partial charge in [-0.3, -0.25) is 10.1 Å². The average Bonchev–Trinajstić information content (AvgIpc) is 3.06. The number of methoxy groups -OCH3 is 1. The number of nitrogens with zero attached hydrogens (tertiary/aromatic N) is 1. The number of aromatic hydroxyl groups is 1. The lowest BCUT2D eigenvalue weighted by atomic mass is 9.48. The molecule has 6 atom stereocenters. The van der Waals surface area contributed by atoms with Gasteiger partial charge in [0.2, 0.25) is 0 Å². The molecule has 0 amide bonds. The summed E-state index contributed by atoms with van der Waals surface area (Å²) in [4.78, 5) is 13.9. The summed E-state index contributed by atoms with van der Waals surface area (Å²) in [6, 6.07) is 2.53. The van der Waals surface area contributed by atoms with E-state index in [1.807, 2.05) is 6.07 Å². The maximum atomic E-state index is 11.5. The topological polar surface area (TPSA) is 111 Å². The number of aliphatic hydroxyl groups excluding tert-OH is 1. The molecule has 29 heavy (non-hydrogen) atoms. The standard InChI is InChI=1S/C21H28N2O6/c1-23-8-7-20-16-11-3-4-14(25)17(16)29-18(20)12(22-13(10-24)19(26)27)5-6-21(20,28-2)15(23)9-11/h3-4,12-13,15,18,22,24-25H,5-10H2,1-2H3,(H,26,27)/t12-,13?,15?,18-,20-,21+/m0/s1. The Bertz CT molecular complexity index is 862. The number of aliphatic hydroxyl groups is 1. The van der Waals surface area contributed by atoms with Crippen LogP contribution in [0, 0.1) is 0 Å². The summed E-state index contributed by atoms with van der Waals surface area (Å²) in [7, 11) is 3.89. The average molecular weight is 404 g/mol. The van der Waals surface area contributed by atoms with Crippen LogP contribution in [0.3, 0.4) is 0 Å². The zero-order chi connectivity index (χ0) is 20.6. The number of carboxylic acids is 1. The summed E-state index contributed by atoms with van der Waals surface area (Å²) in [6.45, 7) is 0.384. The fraction of sp³-hybridized carbons (Fsp3) is 0.667. The highest BCUT2D eigenvalue weighted by Gasteiger charge is 2.73. The summed E-state index contributed by atoms with van der Waals surface area (Å²) >= 11 is 0. The van der Waals surface area contributed by atoms with Gasteiger partial charge in [-0.1, -0.05) is 6.07 Å². The van der Waals surface area contributed by atoms with Gasteiger partial charge in [0.25, 0.3) is 0 Å². The van der Waals surface area contributed by atoms with Crippen molar-refractivity contribution >= 4 is 5.97 Å². The largest absolute Gasteiger partial charge is 0.504 e. The smallest absolute Gasteiger partial charge is 0.323 e. The fourth-order valence-electron chi connectivity index (χ4n) is 6.77. The van der Waals surface area contributed by atoms with E-state index in [1.54, 1.807) is 13.2 Å². The lowest BCUT2D eigenvalue weighted by molar-refractivity contribution is -0.204. The van der Waals surface area contributed by atoms with Gasteiger partial charge >= 0.3 is 5.97 Å². The Morgan fingerprint density at radius 1 is 1.45 bits per heavy atom. The van der Waals surface area contributed by atoms with Gasteiger partial charge < -0.3 is 29.7 Å². The first-order valence-electron chi connectivity index (χ1n) is 10.3. The predicted molar refractivity (Wildman–Crippen MR) is 103 cm³/mol. The molecule has 2 unspecified atom stereocenters. The van der Waals surface area contributed by atoms with Crippen molar-refractivity contribution < 1.29 is 29.6 Å². The van der Waals surface area contributed by atoms with Crippen molar-refractivity contribution in [2.45, 2.75) is 60.9 Å². The monoisotopic (exact) mass is 404 g/mol. The number of nitrogens with one attached hydrogen (secondary N) is 1. The van der Waals surface area contributed by atoms with Crippen LogP contribution in [0.4, 0.5) is 0 Å². The van der Waals surface area contributed by atoms with E-state index in [-0.39, 0.29) is 23.9 Å². The van der Waals surface area contributed by atoms with E-state index < -0.39 is 29.6 Å². The van der Waals surface area contributed by atoms with Crippen LogP contribution in [0.5, 0.6) is 11.5 Å². The molecule has 4 aliphatic rings. The Labute approximate surface area is 169 Å². The summed E-state index contributed by atoms with van der Waals surface area (Å²) in [6.07, 6.45) is 2.68. The molecule has 4 N–H and O–H groups in total. The van der Waals surface area contributed by atoms with Crippen molar-refractivity contribution in [3.05, 3.63) is 23.3 Å². The first-order valence-corrected chi connectivity index (χ1v) is 10.3. The van der Waals surface area contributed by atoms with Crippen LogP contribution in [-0.4, -0.2) is 83.3 Å². The number of likely N-dealkylation sites (tertiary alicyclic amines) is 1. The first-order chi connectivity index (χ1) is 13.9. The number of hydrogen-bond donors (Lipinski definition) is 4. The van der Waals surface area contributed by atoms with Gasteiger partial charge in [-0.05, 0) is 50.9 Å². The van der Waals surface area contributed by atoms with Crippen LogP contribution in [0.2, 0.25) is 0 Å². The molecule has 1 aromatic carbocycles. The molecule has 1 saturated carbocycles. The number of phenolic OH excluding ortho intramolecular Hbond substituents is 1. The number of ether oxygens (including phenoxy) is 2. The van der Waals surface area contributed by atoms with Crippen molar-refractivity contribution in [1.29, 1.82) is 0 Å². The number of rotatable bonds is 5. The van der Waals surface area contributed by atoms with Crippen molar-refractivity contribution in [3.63, 3.8) is 0 Å². The number of hydrogen-bond acceptors (Lipinski definition) is 7. The molecule has 2 fully saturated rings. The second kappa shape index (κ2) is 6.31. The fourth-order valence-corrected chi connectivity index (χ4v) is 6.77. The number of aliphatic carboxylic acids is 1. The SMILES string of the molecule is CO[C@@]12CC[C@H](NC(CO)C(=O)O)[C@@H]3Oc4c(O)ccc5c4[C@@]31CCN(C)C2C5. The Morgan fingerprint density at radius 3 is 2.93 bits per heavy atom. The van der Waals surface area contributed by atoms with E-state index in [1.165, 1.54) is 5.56 Å². The van der Waals surface area contributed by atoms with Gasteiger partial charge in [-0.25, -0.2) is 0 Å². The number of carboxylic acid groups (broad SMARTS) is 1. The molecular weight excluding hydrogens is 376 g/mol. The molecule has 2 aliphatic carbocycles. The van der Waals surface area contributed by atoms with Crippen molar-refractivity contribution in [2.24, 2.45) is 0 Å². The predicted octanol–water partition coefficient (Wildman–Crippen LogP) is 0.234. The molecule has 2 heterocycles. The minimum atomic E-state index is -1.09. The number of piperidine rings is 1. The van der Waals surface area contributed by atoms with Crippen LogP contribution in [0.25, 0.3) is 0 Å². The molecule has 5 rings (SSSR count). The van der Waals surface area contributed by atoms with E-state index in [9.17, 15) is 20.1 Å². The van der Waals surface area contributed by atoms with Crippen LogP contribution >= 0.6 is 0 Å².